The Morgan fingerprint density at radius 1 is 1.75 bits per heavy atom. The summed E-state index contributed by atoms with van der Waals surface area (Å²) in [5, 5.41) is 3.18. The van der Waals surface area contributed by atoms with Crippen LogP contribution in [0, 0.1) is 0 Å². The molecule has 3 N–H and O–H groups in total. The maximum absolute atomic E-state index is 11.4. The molecule has 0 radical (unpaired) electrons. The maximum atomic E-state index is 11.4. The van der Waals surface area contributed by atoms with E-state index in [0.717, 1.165) is 4.34 Å². The van der Waals surface area contributed by atoms with Crippen molar-refractivity contribution in [3.63, 3.8) is 0 Å². The van der Waals surface area contributed by atoms with Crippen LogP contribution in [0.3, 0.4) is 0 Å². The number of hydrogen-bond donors (Lipinski definition) is 2. The zero-order chi connectivity index (χ0) is 12.2. The van der Waals surface area contributed by atoms with Crippen LogP contribution in [0.25, 0.3) is 0 Å². The van der Waals surface area contributed by atoms with E-state index in [2.05, 4.69) is 14.7 Å². The highest BCUT2D eigenvalue weighted by Gasteiger charge is 2.31. The van der Waals surface area contributed by atoms with Crippen molar-refractivity contribution in [2.45, 2.75) is 36.7 Å². The van der Waals surface area contributed by atoms with Crippen molar-refractivity contribution in [1.29, 1.82) is 0 Å². The van der Waals surface area contributed by atoms with Gasteiger partial charge in [-0.2, -0.15) is 4.37 Å². The molecule has 0 aliphatic rings. The summed E-state index contributed by atoms with van der Waals surface area (Å²) in [5.74, 6) is 0.202. The average molecular weight is 260 g/mol. The van der Waals surface area contributed by atoms with Crippen molar-refractivity contribution >= 4 is 29.2 Å². The van der Waals surface area contributed by atoms with Gasteiger partial charge in [-0.25, -0.2) is 4.98 Å². The van der Waals surface area contributed by atoms with Gasteiger partial charge in [0.1, 0.15) is 11.9 Å². The highest BCUT2D eigenvalue weighted by atomic mass is 32.2. The van der Waals surface area contributed by atoms with Crippen LogP contribution in [0.5, 0.6) is 0 Å². The molecule has 0 spiro atoms. The van der Waals surface area contributed by atoms with E-state index in [-0.39, 0.29) is 11.9 Å². The Kier molecular flexibility index (Phi) is 4.69. The van der Waals surface area contributed by atoms with E-state index in [4.69, 9.17) is 5.73 Å². The number of carbonyl (C=O) groups is 1. The van der Waals surface area contributed by atoms with Crippen molar-refractivity contribution in [2.75, 3.05) is 5.75 Å². The van der Waals surface area contributed by atoms with Gasteiger partial charge in [0.25, 0.3) is 0 Å². The van der Waals surface area contributed by atoms with Crippen molar-refractivity contribution in [3.05, 3.63) is 6.33 Å². The fourth-order valence-electron chi connectivity index (χ4n) is 1.25. The number of nitrogens with zero attached hydrogens (tertiary/aromatic N) is 2. The van der Waals surface area contributed by atoms with Crippen LogP contribution in [0.15, 0.2) is 10.7 Å². The number of aromatic nitrogens is 2. The molecule has 1 amide bonds. The minimum atomic E-state index is -0.718. The predicted molar refractivity (Wildman–Crippen MR) is 66.5 cm³/mol. The second-order valence-electron chi connectivity index (χ2n) is 3.99. The molecule has 1 unspecified atom stereocenters. The molecule has 1 atom stereocenters. The second kappa shape index (κ2) is 5.60. The first-order chi connectivity index (χ1) is 7.44. The van der Waals surface area contributed by atoms with Crippen LogP contribution in [0.1, 0.15) is 20.8 Å². The van der Waals surface area contributed by atoms with E-state index in [0.29, 0.717) is 5.75 Å². The van der Waals surface area contributed by atoms with Gasteiger partial charge >= 0.3 is 0 Å². The number of rotatable bonds is 6. The highest BCUT2D eigenvalue weighted by Crippen LogP contribution is 2.23. The Labute approximate surface area is 103 Å². The molecule has 90 valence electrons. The molecule has 1 aromatic rings. The van der Waals surface area contributed by atoms with E-state index < -0.39 is 5.54 Å². The Hall–Kier alpha value is -0.660. The van der Waals surface area contributed by atoms with Crippen molar-refractivity contribution in [3.8, 4) is 0 Å². The number of thioether (sulfide) groups is 1. The third-order valence-electron chi connectivity index (χ3n) is 1.98. The third-order valence-corrected chi connectivity index (χ3v) is 4.09. The number of carbonyl (C=O) groups excluding carboxylic acids is 1. The van der Waals surface area contributed by atoms with E-state index in [1.165, 1.54) is 29.6 Å². The third kappa shape index (κ3) is 3.73. The lowest BCUT2D eigenvalue weighted by atomic mass is 10.0. The molecule has 0 saturated heterocycles. The first-order valence-electron chi connectivity index (χ1n) is 4.91. The summed E-state index contributed by atoms with van der Waals surface area (Å²) >= 11 is 2.80. The van der Waals surface area contributed by atoms with Gasteiger partial charge in [0.05, 0.1) is 0 Å². The topological polar surface area (TPSA) is 80.9 Å². The molecule has 16 heavy (non-hydrogen) atoms. The Bertz CT molecular complexity index is 341. The molecule has 1 aromatic heterocycles. The molecular weight excluding hydrogens is 244 g/mol. The van der Waals surface area contributed by atoms with Crippen molar-refractivity contribution < 1.29 is 4.79 Å². The molecule has 0 aliphatic carbocycles. The molecule has 7 heteroatoms. The van der Waals surface area contributed by atoms with Crippen LogP contribution in [0.4, 0.5) is 0 Å². The smallest absolute Gasteiger partial charge is 0.238 e. The van der Waals surface area contributed by atoms with E-state index >= 15 is 0 Å². The molecule has 0 bridgehead atoms. The lowest BCUT2D eigenvalue weighted by Crippen LogP contribution is -2.57. The normalized spacial score (nSPS) is 15.0. The predicted octanol–water partition coefficient (Wildman–Crippen LogP) is 0.872. The largest absolute Gasteiger partial charge is 0.368 e. The quantitative estimate of drug-likeness (QED) is 0.742. The summed E-state index contributed by atoms with van der Waals surface area (Å²) in [5.41, 5.74) is 4.69. The molecule has 1 heterocycles. The molecule has 1 rings (SSSR count). The number of primary amides is 1. The Balaban J connectivity index is 2.61. The van der Waals surface area contributed by atoms with Crippen LogP contribution in [-0.4, -0.2) is 32.6 Å². The SMILES string of the molecule is CC(C)NC(C)(CSc1ncns1)C(N)=O. The summed E-state index contributed by atoms with van der Waals surface area (Å²) in [6, 6.07) is 0.201. The standard InChI is InChI=1S/C9H16N4OS2/c1-6(2)13-9(3,7(10)14)4-15-8-11-5-12-16-8/h5-6,13H,4H2,1-3H3,(H2,10,14). The second-order valence-corrected chi connectivity index (χ2v) is 5.99. The van der Waals surface area contributed by atoms with Gasteiger partial charge in [-0.3, -0.25) is 4.79 Å². The Morgan fingerprint density at radius 2 is 2.44 bits per heavy atom. The van der Waals surface area contributed by atoms with Crippen molar-refractivity contribution in [1.82, 2.24) is 14.7 Å². The van der Waals surface area contributed by atoms with Gasteiger partial charge in [0, 0.05) is 11.8 Å². The first kappa shape index (κ1) is 13.4. The molecule has 5 nitrogen and oxygen atoms in total. The Morgan fingerprint density at radius 3 is 2.88 bits per heavy atom. The van der Waals surface area contributed by atoms with E-state index in [1.807, 2.05) is 20.8 Å². The van der Waals surface area contributed by atoms with Gasteiger partial charge in [0.2, 0.25) is 5.91 Å². The summed E-state index contributed by atoms with van der Waals surface area (Å²) < 4.78 is 4.75. The fraction of sp³-hybridized carbons (Fsp3) is 0.667. The minimum absolute atomic E-state index is 0.201. The number of amides is 1. The van der Waals surface area contributed by atoms with Crippen LogP contribution in [-0.2, 0) is 4.79 Å². The summed E-state index contributed by atoms with van der Waals surface area (Å²) in [7, 11) is 0. The van der Waals surface area contributed by atoms with Gasteiger partial charge in [-0.15, -0.1) is 0 Å². The highest BCUT2D eigenvalue weighted by molar-refractivity contribution is 8.01. The van der Waals surface area contributed by atoms with Crippen LogP contribution in [0.2, 0.25) is 0 Å². The first-order valence-corrected chi connectivity index (χ1v) is 6.67. The van der Waals surface area contributed by atoms with E-state index in [9.17, 15) is 4.79 Å². The molecule has 0 aliphatic heterocycles. The van der Waals surface area contributed by atoms with Crippen LogP contribution < -0.4 is 11.1 Å². The minimum Gasteiger partial charge on any atom is -0.368 e. The summed E-state index contributed by atoms with van der Waals surface area (Å²) in [6.45, 7) is 5.77. The van der Waals surface area contributed by atoms with Crippen LogP contribution >= 0.6 is 23.3 Å². The van der Waals surface area contributed by atoms with Crippen molar-refractivity contribution in [2.24, 2.45) is 5.73 Å². The average Bonchev–Trinajstić information content (AvgIpc) is 2.65. The summed E-state index contributed by atoms with van der Waals surface area (Å²) in [4.78, 5) is 15.5. The lowest BCUT2D eigenvalue weighted by Gasteiger charge is -2.28. The zero-order valence-electron chi connectivity index (χ0n) is 9.56. The number of nitrogens with two attached hydrogens (primary N) is 1. The van der Waals surface area contributed by atoms with Gasteiger partial charge in [0.15, 0.2) is 4.34 Å². The van der Waals surface area contributed by atoms with E-state index in [1.54, 1.807) is 0 Å². The number of nitrogens with one attached hydrogen (secondary N) is 1. The molecule has 0 saturated carbocycles. The summed E-state index contributed by atoms with van der Waals surface area (Å²) in [6.07, 6.45) is 1.50. The maximum Gasteiger partial charge on any atom is 0.238 e. The molecular formula is C9H16N4OS2. The van der Waals surface area contributed by atoms with Gasteiger partial charge in [-0.05, 0) is 32.3 Å². The number of hydrogen-bond acceptors (Lipinski definition) is 6. The van der Waals surface area contributed by atoms with Gasteiger partial charge in [-0.1, -0.05) is 11.8 Å². The molecule has 0 fully saturated rings. The fourth-order valence-corrected chi connectivity index (χ4v) is 2.81. The van der Waals surface area contributed by atoms with Gasteiger partial charge < -0.3 is 11.1 Å². The molecule has 0 aromatic carbocycles. The lowest BCUT2D eigenvalue weighted by molar-refractivity contribution is -0.123. The monoisotopic (exact) mass is 260 g/mol. The zero-order valence-corrected chi connectivity index (χ0v) is 11.2.